The van der Waals surface area contributed by atoms with Gasteiger partial charge in [-0.05, 0) is 37.6 Å². The van der Waals surface area contributed by atoms with Crippen LogP contribution in [0.1, 0.15) is 30.8 Å². The second-order valence-electron chi connectivity index (χ2n) is 4.73. The third-order valence-corrected chi connectivity index (χ3v) is 3.19. The summed E-state index contributed by atoms with van der Waals surface area (Å²) in [6.45, 7) is 3.11. The van der Waals surface area contributed by atoms with Gasteiger partial charge < -0.3 is 10.1 Å². The number of ether oxygens (including phenoxy) is 1. The molecule has 2 aromatic rings. The number of aryl methyl sites for hydroxylation is 1. The van der Waals surface area contributed by atoms with Crippen molar-refractivity contribution in [3.05, 3.63) is 42.0 Å². The van der Waals surface area contributed by atoms with Crippen LogP contribution >= 0.6 is 0 Å². The maximum atomic E-state index is 8.46. The normalized spacial score (nSPS) is 11.8. The predicted molar refractivity (Wildman–Crippen MR) is 78.7 cm³/mol. The molecule has 1 aromatic carbocycles. The maximum Gasteiger partial charge on any atom is 0.174 e. The fourth-order valence-electron chi connectivity index (χ4n) is 2.01. The largest absolute Gasteiger partial charge is 0.479 e. The van der Waals surface area contributed by atoms with E-state index in [9.17, 15) is 0 Å². The highest BCUT2D eigenvalue weighted by atomic mass is 16.5. The van der Waals surface area contributed by atoms with Crippen molar-refractivity contribution < 1.29 is 4.74 Å². The molecule has 2 N–H and O–H groups in total. The Balaban J connectivity index is 1.72. The Kier molecular flexibility index (Phi) is 5.73. The minimum absolute atomic E-state index is 0.0782. The van der Waals surface area contributed by atoms with Gasteiger partial charge in [0.15, 0.2) is 6.61 Å². The zero-order valence-corrected chi connectivity index (χ0v) is 12.0. The van der Waals surface area contributed by atoms with Crippen molar-refractivity contribution in [1.82, 2.24) is 20.5 Å². The van der Waals surface area contributed by atoms with E-state index in [1.54, 1.807) is 0 Å². The van der Waals surface area contributed by atoms with Crippen LogP contribution in [0.4, 0.5) is 0 Å². The number of nitrogens with zero attached hydrogens (tertiary/aromatic N) is 3. The molecule has 0 bridgehead atoms. The average molecular weight is 285 g/mol. The maximum absolute atomic E-state index is 8.46. The van der Waals surface area contributed by atoms with Crippen molar-refractivity contribution in [2.45, 2.75) is 25.8 Å². The van der Waals surface area contributed by atoms with E-state index >= 15 is 0 Å². The van der Waals surface area contributed by atoms with E-state index in [1.165, 1.54) is 11.9 Å². The Labute approximate surface area is 124 Å². The molecule has 0 radical (unpaired) electrons. The highest BCUT2D eigenvalue weighted by Crippen LogP contribution is 2.17. The van der Waals surface area contributed by atoms with Gasteiger partial charge >= 0.3 is 0 Å². The molecule has 1 atom stereocenters. The van der Waals surface area contributed by atoms with Crippen LogP contribution in [0.15, 0.2) is 30.6 Å². The first-order valence-corrected chi connectivity index (χ1v) is 6.97. The second-order valence-corrected chi connectivity index (χ2v) is 4.73. The first-order valence-electron chi connectivity index (χ1n) is 6.97. The lowest BCUT2D eigenvalue weighted by Crippen LogP contribution is -2.20. The summed E-state index contributed by atoms with van der Waals surface area (Å²) in [5.74, 6) is 1.64. The average Bonchev–Trinajstić information content (AvgIpc) is 3.03. The highest BCUT2D eigenvalue weighted by molar-refractivity contribution is 5.29. The standard InChI is InChI=1S/C15H19N5O/c1-12(17-9-2-3-15-18-11-19-20-15)13-4-6-14(7-5-13)21-10-8-16/h4-7,11-12,17H,2-3,9-10H2,1H3,(H,18,19,20). The van der Waals surface area contributed by atoms with Gasteiger partial charge in [0.05, 0.1) is 0 Å². The van der Waals surface area contributed by atoms with E-state index in [-0.39, 0.29) is 12.6 Å². The van der Waals surface area contributed by atoms with E-state index in [4.69, 9.17) is 10.00 Å². The predicted octanol–water partition coefficient (Wildman–Crippen LogP) is 1.99. The number of rotatable bonds is 8. The highest BCUT2D eigenvalue weighted by Gasteiger charge is 2.05. The molecule has 0 spiro atoms. The van der Waals surface area contributed by atoms with Crippen LogP contribution < -0.4 is 10.1 Å². The van der Waals surface area contributed by atoms with Crippen LogP contribution in [0.2, 0.25) is 0 Å². The fraction of sp³-hybridized carbons (Fsp3) is 0.400. The fourth-order valence-corrected chi connectivity index (χ4v) is 2.01. The van der Waals surface area contributed by atoms with Crippen LogP contribution in [-0.2, 0) is 6.42 Å². The Hall–Kier alpha value is -2.39. The lowest BCUT2D eigenvalue weighted by molar-refractivity contribution is 0.368. The van der Waals surface area contributed by atoms with Gasteiger partial charge in [-0.1, -0.05) is 12.1 Å². The molecule has 0 aliphatic carbocycles. The van der Waals surface area contributed by atoms with Crippen molar-refractivity contribution in [2.75, 3.05) is 13.2 Å². The van der Waals surface area contributed by atoms with Crippen molar-refractivity contribution in [1.29, 1.82) is 5.26 Å². The summed E-state index contributed by atoms with van der Waals surface area (Å²) in [6.07, 6.45) is 3.42. The van der Waals surface area contributed by atoms with Gasteiger partial charge in [0.1, 0.15) is 24.0 Å². The van der Waals surface area contributed by atoms with Gasteiger partial charge in [0.2, 0.25) is 0 Å². The van der Waals surface area contributed by atoms with E-state index in [1.807, 2.05) is 30.3 Å². The molecule has 6 nitrogen and oxygen atoms in total. The Bertz CT molecular complexity index is 559. The molecule has 2 rings (SSSR count). The molecule has 0 aliphatic heterocycles. The lowest BCUT2D eigenvalue weighted by Gasteiger charge is -2.14. The summed E-state index contributed by atoms with van der Waals surface area (Å²) in [5.41, 5.74) is 1.19. The molecule has 0 amide bonds. The number of hydrogen-bond donors (Lipinski definition) is 2. The van der Waals surface area contributed by atoms with Gasteiger partial charge in [0, 0.05) is 12.5 Å². The van der Waals surface area contributed by atoms with Crippen LogP contribution in [0.25, 0.3) is 0 Å². The Morgan fingerprint density at radius 3 is 2.86 bits per heavy atom. The summed E-state index contributed by atoms with van der Waals surface area (Å²) >= 11 is 0. The molecular weight excluding hydrogens is 266 g/mol. The van der Waals surface area contributed by atoms with Gasteiger partial charge in [0.25, 0.3) is 0 Å². The third-order valence-electron chi connectivity index (χ3n) is 3.19. The quantitative estimate of drug-likeness (QED) is 0.724. The lowest BCUT2D eigenvalue weighted by atomic mass is 10.1. The molecule has 6 heteroatoms. The van der Waals surface area contributed by atoms with Crippen LogP contribution in [0, 0.1) is 11.3 Å². The molecule has 0 aliphatic rings. The first kappa shape index (κ1) is 15.0. The number of aromatic nitrogens is 3. The Morgan fingerprint density at radius 2 is 2.19 bits per heavy atom. The SMILES string of the molecule is CC(NCCCc1ncn[nH]1)c1ccc(OCC#N)cc1. The molecule has 0 saturated heterocycles. The van der Waals surface area contributed by atoms with E-state index in [0.717, 1.165) is 31.0 Å². The summed E-state index contributed by atoms with van der Waals surface area (Å²) < 4.78 is 5.23. The van der Waals surface area contributed by atoms with Gasteiger partial charge in [-0.3, -0.25) is 5.10 Å². The van der Waals surface area contributed by atoms with Gasteiger partial charge in [-0.25, -0.2) is 4.98 Å². The number of aromatic amines is 1. The van der Waals surface area contributed by atoms with Crippen LogP contribution in [-0.4, -0.2) is 28.3 Å². The van der Waals surface area contributed by atoms with Crippen LogP contribution in [0.5, 0.6) is 5.75 Å². The molecule has 1 unspecified atom stereocenters. The zero-order valence-electron chi connectivity index (χ0n) is 12.0. The van der Waals surface area contributed by atoms with Gasteiger partial charge in [-0.15, -0.1) is 0 Å². The topological polar surface area (TPSA) is 86.6 Å². The minimum Gasteiger partial charge on any atom is -0.479 e. The first-order chi connectivity index (χ1) is 10.3. The number of nitriles is 1. The van der Waals surface area contributed by atoms with E-state index in [0.29, 0.717) is 0 Å². The van der Waals surface area contributed by atoms with E-state index < -0.39 is 0 Å². The monoisotopic (exact) mass is 285 g/mol. The molecule has 1 aromatic heterocycles. The molecule has 21 heavy (non-hydrogen) atoms. The van der Waals surface area contributed by atoms with Crippen LogP contribution in [0.3, 0.4) is 0 Å². The third kappa shape index (κ3) is 4.89. The summed E-state index contributed by atoms with van der Waals surface area (Å²) in [5, 5.41) is 18.6. The van der Waals surface area contributed by atoms with Gasteiger partial charge in [-0.2, -0.15) is 10.4 Å². The summed E-state index contributed by atoms with van der Waals surface area (Å²) in [4.78, 5) is 4.09. The smallest absolute Gasteiger partial charge is 0.174 e. The van der Waals surface area contributed by atoms with E-state index in [2.05, 4.69) is 27.4 Å². The number of hydrogen-bond acceptors (Lipinski definition) is 5. The molecule has 0 fully saturated rings. The molecular formula is C15H19N5O. The minimum atomic E-state index is 0.0782. The van der Waals surface area contributed by atoms with Crippen molar-refractivity contribution >= 4 is 0 Å². The molecule has 0 saturated carbocycles. The summed E-state index contributed by atoms with van der Waals surface area (Å²) in [7, 11) is 0. The number of H-pyrrole nitrogens is 1. The molecule has 1 heterocycles. The second kappa shape index (κ2) is 8.02. The number of nitrogens with one attached hydrogen (secondary N) is 2. The van der Waals surface area contributed by atoms with Crippen molar-refractivity contribution in [2.24, 2.45) is 0 Å². The summed E-state index contributed by atoms with van der Waals surface area (Å²) in [6, 6.07) is 10.0. The molecule has 110 valence electrons. The van der Waals surface area contributed by atoms with Crippen molar-refractivity contribution in [3.8, 4) is 11.8 Å². The zero-order chi connectivity index (χ0) is 14.9. The number of benzene rings is 1. The van der Waals surface area contributed by atoms with Crippen molar-refractivity contribution in [3.63, 3.8) is 0 Å². The Morgan fingerprint density at radius 1 is 1.38 bits per heavy atom.